The number of benzene rings is 1. The summed E-state index contributed by atoms with van der Waals surface area (Å²) >= 11 is 0. The molecule has 1 aromatic carbocycles. The number of aryl methyl sites for hydroxylation is 1. The molecule has 1 saturated heterocycles. The van der Waals surface area contributed by atoms with Crippen LogP contribution in [0.15, 0.2) is 18.2 Å². The highest BCUT2D eigenvalue weighted by molar-refractivity contribution is 5.94. The molecule has 2 rings (SSSR count). The van der Waals surface area contributed by atoms with Crippen LogP contribution in [0.2, 0.25) is 0 Å². The molecule has 0 radical (unpaired) electrons. The molecule has 1 aliphatic rings. The fourth-order valence-electron chi connectivity index (χ4n) is 2.94. The van der Waals surface area contributed by atoms with Gasteiger partial charge in [-0.15, -0.1) is 0 Å². The van der Waals surface area contributed by atoms with E-state index < -0.39 is 5.82 Å². The van der Waals surface area contributed by atoms with Crippen molar-refractivity contribution in [3.05, 3.63) is 35.1 Å². The summed E-state index contributed by atoms with van der Waals surface area (Å²) in [7, 11) is 0. The third-order valence-electron chi connectivity index (χ3n) is 4.29. The molecule has 4 heteroatoms. The molecule has 3 nitrogen and oxygen atoms in total. The van der Waals surface area contributed by atoms with Gasteiger partial charge in [0.15, 0.2) is 0 Å². The van der Waals surface area contributed by atoms with Crippen molar-refractivity contribution < 1.29 is 9.18 Å². The summed E-state index contributed by atoms with van der Waals surface area (Å²) in [6, 6.07) is 4.78. The number of carbonyl (C=O) groups excluding carboxylic acids is 1. The van der Waals surface area contributed by atoms with Crippen LogP contribution in [0, 0.1) is 18.7 Å². The van der Waals surface area contributed by atoms with E-state index in [1.807, 2.05) is 6.92 Å². The minimum absolute atomic E-state index is 0.0295. The molecular formula is C16H23FN2O. The molecular weight excluding hydrogens is 255 g/mol. The van der Waals surface area contributed by atoms with Crippen LogP contribution in [0.25, 0.3) is 0 Å². The van der Waals surface area contributed by atoms with Crippen LogP contribution in [0.1, 0.15) is 42.1 Å². The van der Waals surface area contributed by atoms with Crippen molar-refractivity contribution in [1.82, 2.24) is 4.90 Å². The van der Waals surface area contributed by atoms with E-state index in [1.165, 1.54) is 6.07 Å². The van der Waals surface area contributed by atoms with Crippen LogP contribution < -0.4 is 5.73 Å². The van der Waals surface area contributed by atoms with Gasteiger partial charge in [0.1, 0.15) is 5.82 Å². The van der Waals surface area contributed by atoms with Crippen LogP contribution in [0.5, 0.6) is 0 Å². The maximum atomic E-state index is 14.0. The lowest BCUT2D eigenvalue weighted by molar-refractivity contribution is 0.0554. The molecule has 1 fully saturated rings. The molecule has 2 unspecified atom stereocenters. The van der Waals surface area contributed by atoms with Crippen molar-refractivity contribution >= 4 is 5.91 Å². The van der Waals surface area contributed by atoms with Crippen molar-refractivity contribution in [2.75, 3.05) is 13.1 Å². The topological polar surface area (TPSA) is 46.3 Å². The lowest BCUT2D eigenvalue weighted by Gasteiger charge is -2.39. The average molecular weight is 278 g/mol. The Bertz CT molecular complexity index is 489. The summed E-state index contributed by atoms with van der Waals surface area (Å²) in [5.74, 6) is -0.0497. The first-order valence-corrected chi connectivity index (χ1v) is 7.34. The van der Waals surface area contributed by atoms with E-state index in [1.54, 1.807) is 17.0 Å². The fourth-order valence-corrected chi connectivity index (χ4v) is 2.94. The fraction of sp³-hybridized carbons (Fsp3) is 0.562. The number of carbonyl (C=O) groups is 1. The standard InChI is InChI=1S/C16H23FN2O/c1-3-12-6-7-19(13(9-12)10-18)16(20)14-5-4-11(2)8-15(14)17/h4-5,8,12-13H,3,6-7,9-10,18H2,1-2H3. The number of piperidine rings is 1. The lowest BCUT2D eigenvalue weighted by Crippen LogP contribution is -2.49. The summed E-state index contributed by atoms with van der Waals surface area (Å²) in [6.07, 6.45) is 3.01. The molecule has 2 N–H and O–H groups in total. The summed E-state index contributed by atoms with van der Waals surface area (Å²) in [5, 5.41) is 0. The van der Waals surface area contributed by atoms with Crippen LogP contribution in [-0.4, -0.2) is 29.9 Å². The van der Waals surface area contributed by atoms with E-state index in [2.05, 4.69) is 6.92 Å². The zero-order valence-electron chi connectivity index (χ0n) is 12.2. The summed E-state index contributed by atoms with van der Waals surface area (Å²) in [4.78, 5) is 14.3. The molecule has 20 heavy (non-hydrogen) atoms. The first-order chi connectivity index (χ1) is 9.56. The molecule has 0 aromatic heterocycles. The lowest BCUT2D eigenvalue weighted by atomic mass is 9.88. The number of hydrogen-bond acceptors (Lipinski definition) is 2. The predicted molar refractivity (Wildman–Crippen MR) is 78.0 cm³/mol. The number of amides is 1. The summed E-state index contributed by atoms with van der Waals surface area (Å²) in [5.41, 5.74) is 6.78. The van der Waals surface area contributed by atoms with Crippen LogP contribution >= 0.6 is 0 Å². The Kier molecular flexibility index (Phi) is 4.76. The third kappa shape index (κ3) is 3.01. The van der Waals surface area contributed by atoms with Crippen molar-refractivity contribution in [2.24, 2.45) is 11.7 Å². The van der Waals surface area contributed by atoms with Gasteiger partial charge in [-0.3, -0.25) is 4.79 Å². The smallest absolute Gasteiger partial charge is 0.257 e. The minimum atomic E-state index is -0.441. The van der Waals surface area contributed by atoms with Gasteiger partial charge in [0, 0.05) is 19.1 Å². The third-order valence-corrected chi connectivity index (χ3v) is 4.29. The van der Waals surface area contributed by atoms with Crippen molar-refractivity contribution in [2.45, 2.75) is 39.2 Å². The van der Waals surface area contributed by atoms with E-state index in [0.29, 0.717) is 19.0 Å². The van der Waals surface area contributed by atoms with Gasteiger partial charge in [0.25, 0.3) is 5.91 Å². The van der Waals surface area contributed by atoms with Gasteiger partial charge in [0.2, 0.25) is 0 Å². The van der Waals surface area contributed by atoms with E-state index in [0.717, 1.165) is 24.8 Å². The Morgan fingerprint density at radius 3 is 2.85 bits per heavy atom. The second-order valence-electron chi connectivity index (χ2n) is 5.67. The van der Waals surface area contributed by atoms with Gasteiger partial charge >= 0.3 is 0 Å². The molecule has 0 saturated carbocycles. The molecule has 2 atom stereocenters. The molecule has 0 spiro atoms. The highest BCUT2D eigenvalue weighted by Crippen LogP contribution is 2.26. The highest BCUT2D eigenvalue weighted by Gasteiger charge is 2.31. The maximum Gasteiger partial charge on any atom is 0.257 e. The molecule has 0 aliphatic carbocycles. The molecule has 1 heterocycles. The van der Waals surface area contributed by atoms with E-state index >= 15 is 0 Å². The van der Waals surface area contributed by atoms with Gasteiger partial charge in [-0.1, -0.05) is 19.4 Å². The monoisotopic (exact) mass is 278 g/mol. The number of rotatable bonds is 3. The molecule has 0 bridgehead atoms. The number of nitrogens with zero attached hydrogens (tertiary/aromatic N) is 1. The van der Waals surface area contributed by atoms with E-state index in [9.17, 15) is 9.18 Å². The Morgan fingerprint density at radius 1 is 1.50 bits per heavy atom. The second-order valence-corrected chi connectivity index (χ2v) is 5.67. The van der Waals surface area contributed by atoms with Gasteiger partial charge in [0.05, 0.1) is 5.56 Å². The highest BCUT2D eigenvalue weighted by atomic mass is 19.1. The first-order valence-electron chi connectivity index (χ1n) is 7.34. The number of nitrogens with two attached hydrogens (primary N) is 1. The SMILES string of the molecule is CCC1CCN(C(=O)c2ccc(C)cc2F)C(CN)C1. The van der Waals surface area contributed by atoms with Crippen molar-refractivity contribution in [3.63, 3.8) is 0 Å². The van der Waals surface area contributed by atoms with E-state index in [4.69, 9.17) is 5.73 Å². The minimum Gasteiger partial charge on any atom is -0.334 e. The van der Waals surface area contributed by atoms with Crippen molar-refractivity contribution in [1.29, 1.82) is 0 Å². The quantitative estimate of drug-likeness (QED) is 0.924. The maximum absolute atomic E-state index is 14.0. The predicted octanol–water partition coefficient (Wildman–Crippen LogP) is 2.72. The molecule has 1 aliphatic heterocycles. The average Bonchev–Trinajstić information content (AvgIpc) is 2.46. The first kappa shape index (κ1) is 15.0. The van der Waals surface area contributed by atoms with Gasteiger partial charge in [-0.2, -0.15) is 0 Å². The molecule has 110 valence electrons. The Morgan fingerprint density at radius 2 is 2.25 bits per heavy atom. The normalized spacial score (nSPS) is 22.9. The Balaban J connectivity index is 2.19. The van der Waals surface area contributed by atoms with Crippen LogP contribution in [0.3, 0.4) is 0 Å². The zero-order valence-corrected chi connectivity index (χ0v) is 12.2. The number of likely N-dealkylation sites (tertiary alicyclic amines) is 1. The van der Waals surface area contributed by atoms with Crippen LogP contribution in [-0.2, 0) is 0 Å². The largest absolute Gasteiger partial charge is 0.334 e. The van der Waals surface area contributed by atoms with Gasteiger partial charge < -0.3 is 10.6 Å². The molecule has 1 aromatic rings. The zero-order chi connectivity index (χ0) is 14.7. The second kappa shape index (κ2) is 6.35. The number of hydrogen-bond donors (Lipinski definition) is 1. The number of halogens is 1. The summed E-state index contributed by atoms with van der Waals surface area (Å²) < 4.78 is 14.0. The van der Waals surface area contributed by atoms with Gasteiger partial charge in [-0.05, 0) is 43.4 Å². The Hall–Kier alpha value is -1.42. The summed E-state index contributed by atoms with van der Waals surface area (Å²) in [6.45, 7) is 5.09. The Labute approximate surface area is 120 Å². The van der Waals surface area contributed by atoms with Gasteiger partial charge in [-0.25, -0.2) is 4.39 Å². The van der Waals surface area contributed by atoms with E-state index in [-0.39, 0.29) is 17.5 Å². The van der Waals surface area contributed by atoms with Crippen molar-refractivity contribution in [3.8, 4) is 0 Å². The molecule has 1 amide bonds. The van der Waals surface area contributed by atoms with Crippen LogP contribution in [0.4, 0.5) is 4.39 Å².